The lowest BCUT2D eigenvalue weighted by molar-refractivity contribution is -0.384. The molecule has 0 fully saturated rings. The Morgan fingerprint density at radius 3 is 2.57 bits per heavy atom. The minimum Gasteiger partial charge on any atom is -0.489 e. The van der Waals surface area contributed by atoms with E-state index in [4.69, 9.17) is 4.74 Å². The van der Waals surface area contributed by atoms with Gasteiger partial charge in [-0.25, -0.2) is 0 Å². The van der Waals surface area contributed by atoms with Crippen molar-refractivity contribution < 1.29 is 9.66 Å². The highest BCUT2D eigenvalue weighted by Crippen LogP contribution is 2.19. The zero-order chi connectivity index (χ0) is 15.2. The highest BCUT2D eigenvalue weighted by molar-refractivity contribution is 5.34. The molecule has 0 aromatic heterocycles. The zero-order valence-corrected chi connectivity index (χ0v) is 12.1. The van der Waals surface area contributed by atoms with E-state index in [1.54, 1.807) is 6.07 Å². The van der Waals surface area contributed by atoms with Gasteiger partial charge in [0.15, 0.2) is 0 Å². The zero-order valence-electron chi connectivity index (χ0n) is 12.1. The Kier molecular flexibility index (Phi) is 4.90. The second kappa shape index (κ2) is 6.85. The minimum absolute atomic E-state index is 0.0780. The summed E-state index contributed by atoms with van der Waals surface area (Å²) in [6.45, 7) is 2.39. The van der Waals surface area contributed by atoms with Crippen molar-refractivity contribution in [1.82, 2.24) is 5.32 Å². The third-order valence-corrected chi connectivity index (χ3v) is 3.34. The first-order valence-corrected chi connectivity index (χ1v) is 6.73. The fraction of sp³-hybridized carbons (Fsp3) is 0.250. The quantitative estimate of drug-likeness (QED) is 0.652. The van der Waals surface area contributed by atoms with Crippen molar-refractivity contribution in [3.8, 4) is 5.75 Å². The fourth-order valence-electron chi connectivity index (χ4n) is 1.95. The van der Waals surface area contributed by atoms with E-state index >= 15 is 0 Å². The SMILES string of the molecule is CNC(C)c1ccc(OCc2cccc([N+](=O)[O-])c2)cc1. The summed E-state index contributed by atoms with van der Waals surface area (Å²) in [4.78, 5) is 10.3. The van der Waals surface area contributed by atoms with Crippen LogP contribution >= 0.6 is 0 Å². The van der Waals surface area contributed by atoms with Crippen LogP contribution in [0.15, 0.2) is 48.5 Å². The Bertz CT molecular complexity index is 611. The van der Waals surface area contributed by atoms with E-state index < -0.39 is 4.92 Å². The summed E-state index contributed by atoms with van der Waals surface area (Å²) in [5.41, 5.74) is 2.03. The van der Waals surface area contributed by atoms with Gasteiger partial charge in [0.05, 0.1) is 4.92 Å². The largest absolute Gasteiger partial charge is 0.489 e. The lowest BCUT2D eigenvalue weighted by Crippen LogP contribution is -2.11. The molecular weight excluding hydrogens is 268 g/mol. The van der Waals surface area contributed by atoms with E-state index in [1.807, 2.05) is 37.4 Å². The molecule has 0 aliphatic carbocycles. The van der Waals surface area contributed by atoms with E-state index in [-0.39, 0.29) is 11.7 Å². The van der Waals surface area contributed by atoms with Crippen molar-refractivity contribution in [1.29, 1.82) is 0 Å². The maximum absolute atomic E-state index is 10.7. The van der Waals surface area contributed by atoms with Gasteiger partial charge in [-0.2, -0.15) is 0 Å². The van der Waals surface area contributed by atoms with Crippen LogP contribution in [0.4, 0.5) is 5.69 Å². The molecule has 21 heavy (non-hydrogen) atoms. The Labute approximate surface area is 123 Å². The summed E-state index contributed by atoms with van der Waals surface area (Å²) in [5, 5.41) is 13.9. The predicted octanol–water partition coefficient (Wildman–Crippen LogP) is 3.45. The van der Waals surface area contributed by atoms with Crippen LogP contribution in [0.25, 0.3) is 0 Å². The van der Waals surface area contributed by atoms with Gasteiger partial charge in [-0.15, -0.1) is 0 Å². The van der Waals surface area contributed by atoms with Crippen LogP contribution in [-0.4, -0.2) is 12.0 Å². The van der Waals surface area contributed by atoms with Crippen molar-refractivity contribution in [3.63, 3.8) is 0 Å². The molecule has 110 valence electrons. The van der Waals surface area contributed by atoms with Gasteiger partial charge >= 0.3 is 0 Å². The summed E-state index contributed by atoms with van der Waals surface area (Å²) in [6, 6.07) is 14.6. The maximum atomic E-state index is 10.7. The van der Waals surface area contributed by atoms with Crippen molar-refractivity contribution >= 4 is 5.69 Å². The van der Waals surface area contributed by atoms with Crippen molar-refractivity contribution in [3.05, 3.63) is 69.8 Å². The van der Waals surface area contributed by atoms with Crippen LogP contribution in [-0.2, 0) is 6.61 Å². The molecule has 2 rings (SSSR count). The molecule has 0 spiro atoms. The average molecular weight is 286 g/mol. The van der Waals surface area contributed by atoms with Crippen LogP contribution in [0.2, 0.25) is 0 Å². The number of rotatable bonds is 6. The molecule has 5 nitrogen and oxygen atoms in total. The molecule has 1 atom stereocenters. The number of ether oxygens (including phenoxy) is 1. The molecule has 0 saturated heterocycles. The molecule has 5 heteroatoms. The second-order valence-corrected chi connectivity index (χ2v) is 4.80. The number of hydrogen-bond donors (Lipinski definition) is 1. The lowest BCUT2D eigenvalue weighted by atomic mass is 10.1. The van der Waals surface area contributed by atoms with Gasteiger partial charge in [0.25, 0.3) is 5.69 Å². The number of benzene rings is 2. The van der Waals surface area contributed by atoms with E-state index in [0.29, 0.717) is 6.61 Å². The van der Waals surface area contributed by atoms with Crippen molar-refractivity contribution in [2.45, 2.75) is 19.6 Å². The van der Waals surface area contributed by atoms with Crippen molar-refractivity contribution in [2.75, 3.05) is 7.05 Å². The fourth-order valence-corrected chi connectivity index (χ4v) is 1.95. The first kappa shape index (κ1) is 15.0. The Morgan fingerprint density at radius 2 is 1.95 bits per heavy atom. The van der Waals surface area contributed by atoms with Crippen LogP contribution in [0.5, 0.6) is 5.75 Å². The molecule has 0 aliphatic heterocycles. The normalized spacial score (nSPS) is 11.9. The number of nitro groups is 1. The van der Waals surface area contributed by atoms with Gasteiger partial charge in [-0.1, -0.05) is 24.3 Å². The van der Waals surface area contributed by atoms with E-state index in [0.717, 1.165) is 11.3 Å². The number of hydrogen-bond acceptors (Lipinski definition) is 4. The molecule has 0 amide bonds. The molecule has 2 aromatic carbocycles. The minimum atomic E-state index is -0.405. The summed E-state index contributed by atoms with van der Waals surface area (Å²) in [6.07, 6.45) is 0. The van der Waals surface area contributed by atoms with Crippen molar-refractivity contribution in [2.24, 2.45) is 0 Å². The molecular formula is C16H18N2O3. The predicted molar refractivity (Wildman–Crippen MR) is 81.3 cm³/mol. The second-order valence-electron chi connectivity index (χ2n) is 4.80. The molecule has 1 unspecified atom stereocenters. The topological polar surface area (TPSA) is 64.4 Å². The van der Waals surface area contributed by atoms with Gasteiger partial charge in [-0.05, 0) is 37.2 Å². The highest BCUT2D eigenvalue weighted by Gasteiger charge is 2.06. The maximum Gasteiger partial charge on any atom is 0.269 e. The molecule has 1 N–H and O–H groups in total. The summed E-state index contributed by atoms with van der Waals surface area (Å²) < 4.78 is 5.65. The first-order chi connectivity index (χ1) is 10.1. The monoisotopic (exact) mass is 286 g/mol. The summed E-state index contributed by atoms with van der Waals surface area (Å²) in [5.74, 6) is 0.744. The van der Waals surface area contributed by atoms with Crippen LogP contribution in [0.1, 0.15) is 24.1 Å². The Balaban J connectivity index is 1.99. The van der Waals surface area contributed by atoms with Crippen LogP contribution in [0.3, 0.4) is 0 Å². The van der Waals surface area contributed by atoms with E-state index in [1.165, 1.54) is 17.7 Å². The third kappa shape index (κ3) is 4.03. The van der Waals surface area contributed by atoms with Gasteiger partial charge in [-0.3, -0.25) is 10.1 Å². The number of nitrogens with one attached hydrogen (secondary N) is 1. The standard InChI is InChI=1S/C16H18N2O3/c1-12(17-2)14-6-8-16(9-7-14)21-11-13-4-3-5-15(10-13)18(19)20/h3-10,12,17H,11H2,1-2H3. The van der Waals surface area contributed by atoms with Gasteiger partial charge in [0.1, 0.15) is 12.4 Å². The Morgan fingerprint density at radius 1 is 1.24 bits per heavy atom. The van der Waals surface area contributed by atoms with E-state index in [2.05, 4.69) is 12.2 Å². The molecule has 0 bridgehead atoms. The van der Waals surface area contributed by atoms with Crippen LogP contribution < -0.4 is 10.1 Å². The highest BCUT2D eigenvalue weighted by atomic mass is 16.6. The lowest BCUT2D eigenvalue weighted by Gasteiger charge is -2.11. The third-order valence-electron chi connectivity index (χ3n) is 3.34. The number of non-ortho nitro benzene ring substituents is 1. The van der Waals surface area contributed by atoms with Gasteiger partial charge in [0, 0.05) is 18.2 Å². The molecule has 0 saturated carbocycles. The smallest absolute Gasteiger partial charge is 0.269 e. The number of nitrogens with zero attached hydrogens (tertiary/aromatic N) is 1. The molecule has 2 aromatic rings. The Hall–Kier alpha value is -2.40. The number of nitro benzene ring substituents is 1. The first-order valence-electron chi connectivity index (χ1n) is 6.73. The summed E-state index contributed by atoms with van der Waals surface area (Å²) >= 11 is 0. The van der Waals surface area contributed by atoms with E-state index in [9.17, 15) is 10.1 Å². The van der Waals surface area contributed by atoms with Crippen LogP contribution in [0, 0.1) is 10.1 Å². The average Bonchev–Trinajstić information content (AvgIpc) is 2.53. The van der Waals surface area contributed by atoms with Gasteiger partial charge in [0.2, 0.25) is 0 Å². The summed E-state index contributed by atoms with van der Waals surface area (Å²) in [7, 11) is 1.91. The molecule has 0 aliphatic rings. The molecule has 0 heterocycles. The van der Waals surface area contributed by atoms with Gasteiger partial charge < -0.3 is 10.1 Å². The molecule has 0 radical (unpaired) electrons.